The first-order valence-corrected chi connectivity index (χ1v) is 12.0. The van der Waals surface area contributed by atoms with Gasteiger partial charge >= 0.3 is 12.0 Å². The molecule has 3 N–H and O–H groups in total. The Labute approximate surface area is 198 Å². The van der Waals surface area contributed by atoms with Gasteiger partial charge in [0.05, 0.1) is 0 Å². The maximum absolute atomic E-state index is 14.0. The summed E-state index contributed by atoms with van der Waals surface area (Å²) < 4.78 is 24.0. The topological polar surface area (TPSA) is 104 Å². The van der Waals surface area contributed by atoms with Crippen LogP contribution in [0, 0.1) is 5.82 Å². The fourth-order valence-corrected chi connectivity index (χ4v) is 4.61. The number of carbonyl (C=O) groups excluding carboxylic acids is 1. The van der Waals surface area contributed by atoms with E-state index in [0.29, 0.717) is 17.1 Å². The maximum atomic E-state index is 14.0. The highest BCUT2D eigenvalue weighted by atomic mass is 79.9. The van der Waals surface area contributed by atoms with Gasteiger partial charge in [-0.2, -0.15) is 4.37 Å². The van der Waals surface area contributed by atoms with Crippen LogP contribution in [0.25, 0.3) is 0 Å². The number of nitrogens with zero attached hydrogens (tertiary/aromatic N) is 2. The van der Waals surface area contributed by atoms with E-state index < -0.39 is 17.8 Å². The van der Waals surface area contributed by atoms with Crippen molar-refractivity contribution in [2.24, 2.45) is 0 Å². The molecule has 174 valence electrons. The number of carboxylic acids is 1. The number of amides is 2. The molecule has 0 radical (unpaired) electrons. The summed E-state index contributed by atoms with van der Waals surface area (Å²) in [6.07, 6.45) is 4.48. The number of halogens is 2. The zero-order chi connectivity index (χ0) is 23.1. The van der Waals surface area contributed by atoms with Gasteiger partial charge in [0.1, 0.15) is 17.4 Å². The van der Waals surface area contributed by atoms with E-state index in [1.165, 1.54) is 31.4 Å². The first-order chi connectivity index (χ1) is 15.3. The SMILES string of the molecule is CC1CCCCN1CCCNC(=O)Nc1snc(OCc2ccc(Br)cc2F)c1C(=O)O. The van der Waals surface area contributed by atoms with E-state index in [0.717, 1.165) is 31.0 Å². The molecule has 0 aliphatic carbocycles. The third-order valence-electron chi connectivity index (χ3n) is 5.33. The van der Waals surface area contributed by atoms with Gasteiger partial charge in [0.15, 0.2) is 5.56 Å². The number of aromatic carboxylic acids is 1. The first-order valence-electron chi connectivity index (χ1n) is 10.4. The van der Waals surface area contributed by atoms with Crippen molar-refractivity contribution in [2.45, 2.75) is 45.3 Å². The lowest BCUT2D eigenvalue weighted by Crippen LogP contribution is -2.39. The number of benzene rings is 1. The number of urea groups is 1. The molecule has 8 nitrogen and oxygen atoms in total. The Morgan fingerprint density at radius 2 is 2.22 bits per heavy atom. The average Bonchev–Trinajstić information content (AvgIpc) is 3.14. The molecule has 1 aliphatic rings. The fraction of sp³-hybridized carbons (Fsp3) is 0.476. The number of carbonyl (C=O) groups is 2. The van der Waals surface area contributed by atoms with Crippen LogP contribution in [0.3, 0.4) is 0 Å². The highest BCUT2D eigenvalue weighted by molar-refractivity contribution is 9.10. The molecule has 3 rings (SSSR count). The van der Waals surface area contributed by atoms with Crippen molar-refractivity contribution < 1.29 is 23.8 Å². The normalized spacial score (nSPS) is 16.5. The van der Waals surface area contributed by atoms with Crippen LogP contribution in [-0.2, 0) is 6.61 Å². The van der Waals surface area contributed by atoms with Crippen molar-refractivity contribution in [1.29, 1.82) is 0 Å². The van der Waals surface area contributed by atoms with Crippen LogP contribution in [0.5, 0.6) is 5.88 Å². The molecule has 1 unspecified atom stereocenters. The second-order valence-corrected chi connectivity index (χ2v) is 9.33. The molecule has 32 heavy (non-hydrogen) atoms. The van der Waals surface area contributed by atoms with E-state index in [9.17, 15) is 19.1 Å². The summed E-state index contributed by atoms with van der Waals surface area (Å²) in [6.45, 7) is 4.50. The quantitative estimate of drug-likeness (QED) is 0.407. The summed E-state index contributed by atoms with van der Waals surface area (Å²) in [5.41, 5.74) is -0.00220. The number of hydrogen-bond acceptors (Lipinski definition) is 6. The summed E-state index contributed by atoms with van der Waals surface area (Å²) in [5, 5.41) is 14.9. The summed E-state index contributed by atoms with van der Waals surface area (Å²) in [4.78, 5) is 26.3. The average molecular weight is 529 g/mol. The fourth-order valence-electron chi connectivity index (χ4n) is 3.55. The van der Waals surface area contributed by atoms with E-state index in [4.69, 9.17) is 4.74 Å². The molecule has 2 aromatic rings. The van der Waals surface area contributed by atoms with Gasteiger partial charge in [-0.3, -0.25) is 5.32 Å². The Hall–Kier alpha value is -2.24. The largest absolute Gasteiger partial charge is 0.477 e. The summed E-state index contributed by atoms with van der Waals surface area (Å²) in [7, 11) is 0. The Morgan fingerprint density at radius 3 is 2.94 bits per heavy atom. The van der Waals surface area contributed by atoms with Crippen LogP contribution in [0.1, 0.15) is 48.5 Å². The van der Waals surface area contributed by atoms with Crippen LogP contribution < -0.4 is 15.4 Å². The van der Waals surface area contributed by atoms with Crippen molar-refractivity contribution in [2.75, 3.05) is 25.0 Å². The molecule has 0 spiro atoms. The molecule has 1 fully saturated rings. The predicted octanol–water partition coefficient (Wildman–Crippen LogP) is 4.71. The van der Waals surface area contributed by atoms with Gasteiger partial charge in [-0.05, 0) is 56.4 Å². The molecule has 1 aliphatic heterocycles. The molecule has 11 heteroatoms. The molecule has 1 saturated heterocycles. The minimum atomic E-state index is -1.29. The Bertz CT molecular complexity index is 958. The van der Waals surface area contributed by atoms with Crippen molar-refractivity contribution in [3.05, 3.63) is 39.6 Å². The van der Waals surface area contributed by atoms with E-state index in [1.807, 2.05) is 0 Å². The summed E-state index contributed by atoms with van der Waals surface area (Å²) >= 11 is 3.98. The van der Waals surface area contributed by atoms with Gasteiger partial charge in [-0.25, -0.2) is 14.0 Å². The number of carboxylic acid groups (broad SMARTS) is 1. The van der Waals surface area contributed by atoms with Gasteiger partial charge in [-0.15, -0.1) is 0 Å². The first kappa shape index (κ1) is 24.4. The lowest BCUT2D eigenvalue weighted by Gasteiger charge is -2.33. The van der Waals surface area contributed by atoms with Crippen LogP contribution in [0.2, 0.25) is 0 Å². The smallest absolute Gasteiger partial charge is 0.344 e. The monoisotopic (exact) mass is 528 g/mol. The second-order valence-electron chi connectivity index (χ2n) is 7.64. The number of likely N-dealkylation sites (tertiary alicyclic amines) is 1. The molecular formula is C21H26BrFN4O4S. The number of hydrogen-bond donors (Lipinski definition) is 3. The van der Waals surface area contributed by atoms with Gasteiger partial charge in [0, 0.05) is 29.2 Å². The van der Waals surface area contributed by atoms with Crippen LogP contribution in [-0.4, -0.2) is 52.1 Å². The van der Waals surface area contributed by atoms with E-state index in [1.54, 1.807) is 6.07 Å². The zero-order valence-electron chi connectivity index (χ0n) is 17.7. The highest BCUT2D eigenvalue weighted by Crippen LogP contribution is 2.31. The molecule has 1 aromatic carbocycles. The molecule has 1 atom stereocenters. The number of anilines is 1. The minimum Gasteiger partial charge on any atom is -0.477 e. The van der Waals surface area contributed by atoms with E-state index in [2.05, 4.69) is 42.8 Å². The number of aromatic nitrogens is 1. The van der Waals surface area contributed by atoms with Crippen molar-refractivity contribution in [3.8, 4) is 5.88 Å². The van der Waals surface area contributed by atoms with Crippen LogP contribution in [0.15, 0.2) is 22.7 Å². The van der Waals surface area contributed by atoms with Crippen molar-refractivity contribution in [3.63, 3.8) is 0 Å². The molecule has 2 amide bonds. The van der Waals surface area contributed by atoms with Gasteiger partial charge < -0.3 is 20.1 Å². The third-order valence-corrected chi connectivity index (χ3v) is 6.57. The number of rotatable bonds is 9. The maximum Gasteiger partial charge on any atom is 0.344 e. The molecule has 1 aromatic heterocycles. The lowest BCUT2D eigenvalue weighted by atomic mass is 10.0. The molecule has 2 heterocycles. The van der Waals surface area contributed by atoms with E-state index >= 15 is 0 Å². The lowest BCUT2D eigenvalue weighted by molar-refractivity contribution is 0.0693. The molecule has 0 bridgehead atoms. The summed E-state index contributed by atoms with van der Waals surface area (Å²) in [5.74, 6) is -1.94. The predicted molar refractivity (Wildman–Crippen MR) is 124 cm³/mol. The molecular weight excluding hydrogens is 503 g/mol. The Kier molecular flexibility index (Phi) is 8.83. The number of ether oxygens (including phenoxy) is 1. The summed E-state index contributed by atoms with van der Waals surface area (Å²) in [6, 6.07) is 4.54. The standard InChI is InChI=1S/C21H26BrFN4O4S/c1-13-5-2-3-9-27(13)10-4-8-24-21(30)25-19-17(20(28)29)18(26-32-19)31-12-14-6-7-15(22)11-16(14)23/h6-7,11,13H,2-5,8-10,12H2,1H3,(H,28,29)(H2,24,25,30). The highest BCUT2D eigenvalue weighted by Gasteiger charge is 2.24. The molecule has 0 saturated carbocycles. The zero-order valence-corrected chi connectivity index (χ0v) is 20.1. The van der Waals surface area contributed by atoms with Gasteiger partial charge in [0.2, 0.25) is 5.88 Å². The van der Waals surface area contributed by atoms with Gasteiger partial charge in [-0.1, -0.05) is 28.4 Å². The van der Waals surface area contributed by atoms with Crippen molar-refractivity contribution >= 4 is 44.5 Å². The third kappa shape index (κ3) is 6.63. The Balaban J connectivity index is 1.51. The van der Waals surface area contributed by atoms with Crippen molar-refractivity contribution in [1.82, 2.24) is 14.6 Å². The van der Waals surface area contributed by atoms with Gasteiger partial charge in [0.25, 0.3) is 0 Å². The minimum absolute atomic E-state index is 0.0610. The second kappa shape index (κ2) is 11.6. The van der Waals surface area contributed by atoms with Crippen LogP contribution in [0.4, 0.5) is 14.2 Å². The number of piperidine rings is 1. The van der Waals surface area contributed by atoms with Crippen LogP contribution >= 0.6 is 27.5 Å². The Morgan fingerprint density at radius 1 is 1.41 bits per heavy atom. The number of nitrogens with one attached hydrogen (secondary N) is 2. The van der Waals surface area contributed by atoms with E-state index in [-0.39, 0.29) is 28.6 Å².